The fourth-order valence-corrected chi connectivity index (χ4v) is 4.87. The highest BCUT2D eigenvalue weighted by atomic mass is 35.5. The van der Waals surface area contributed by atoms with Gasteiger partial charge in [-0.2, -0.15) is 0 Å². The molecule has 0 radical (unpaired) electrons. The molecule has 0 aliphatic carbocycles. The molecule has 9 nitrogen and oxygen atoms in total. The fraction of sp³-hybridized carbons (Fsp3) is 0.423. The zero-order valence-corrected chi connectivity index (χ0v) is 21.6. The molecule has 0 saturated carbocycles. The van der Waals surface area contributed by atoms with Crippen LogP contribution in [0.5, 0.6) is 0 Å². The van der Waals surface area contributed by atoms with Gasteiger partial charge in [-0.15, -0.1) is 0 Å². The van der Waals surface area contributed by atoms with Crippen molar-refractivity contribution in [1.82, 2.24) is 9.80 Å². The lowest BCUT2D eigenvalue weighted by atomic mass is 9.91. The van der Waals surface area contributed by atoms with Crippen molar-refractivity contribution in [2.75, 3.05) is 26.2 Å². The molecule has 1 amide bonds. The number of carboxylic acids is 2. The second-order valence-electron chi connectivity index (χ2n) is 9.05. The van der Waals surface area contributed by atoms with Crippen LogP contribution in [0.2, 0.25) is 10.0 Å². The number of nitrogens with zero attached hydrogens (tertiary/aromatic N) is 2. The van der Waals surface area contributed by atoms with Crippen LogP contribution in [0.15, 0.2) is 42.5 Å². The lowest BCUT2D eigenvalue weighted by Gasteiger charge is -2.39. The molecule has 2 aromatic carbocycles. The molecule has 1 fully saturated rings. The Morgan fingerprint density at radius 1 is 0.892 bits per heavy atom. The molecule has 4 N–H and O–H groups in total. The number of aliphatic hydroxyl groups excluding tert-OH is 2. The standard InChI is InChI=1S/C22H24Cl2N2O.C4H6O6/c23-19-8-7-16(13-20(19)24)14-22(27)26-12-9-17-5-1-2-6-18(17)21(26)15-25-10-3-4-11-25;5-1(3(7)8)2(6)4(9)10/h1-2,5-8,13,21H,3-4,9-12,14-15H2;1-2,5-6H,(H,7,8)(H,9,10). The summed E-state index contributed by atoms with van der Waals surface area (Å²) in [5, 5.41) is 33.5. The van der Waals surface area contributed by atoms with Crippen molar-refractivity contribution in [3.05, 3.63) is 69.2 Å². The maximum atomic E-state index is 13.2. The number of aliphatic carboxylic acids is 2. The van der Waals surface area contributed by atoms with Gasteiger partial charge in [-0.05, 0) is 61.2 Å². The monoisotopic (exact) mass is 552 g/mol. The summed E-state index contributed by atoms with van der Waals surface area (Å²) >= 11 is 12.1. The third-order valence-corrected chi connectivity index (χ3v) is 7.25. The van der Waals surface area contributed by atoms with Crippen molar-refractivity contribution in [2.24, 2.45) is 0 Å². The van der Waals surface area contributed by atoms with Gasteiger partial charge in [-0.3, -0.25) is 4.79 Å². The van der Waals surface area contributed by atoms with Crippen molar-refractivity contribution in [2.45, 2.75) is 43.9 Å². The Labute approximate surface area is 224 Å². The van der Waals surface area contributed by atoms with E-state index in [-0.39, 0.29) is 11.9 Å². The molecule has 4 rings (SSSR count). The summed E-state index contributed by atoms with van der Waals surface area (Å²) in [6.07, 6.45) is -0.748. The molecular formula is C26H30Cl2N2O7. The molecule has 2 aromatic rings. The second kappa shape index (κ2) is 13.2. The maximum Gasteiger partial charge on any atom is 0.335 e. The SMILES string of the molecule is O=C(Cc1ccc(Cl)c(Cl)c1)N1CCc2ccccc2C1CN1CCCC1.O=C(O)C(O)C(O)C(=O)O. The number of fused-ring (bicyclic) bond motifs is 1. The van der Waals surface area contributed by atoms with Crippen LogP contribution in [0, 0.1) is 0 Å². The van der Waals surface area contributed by atoms with Crippen molar-refractivity contribution in [3.63, 3.8) is 0 Å². The first-order chi connectivity index (χ1) is 17.6. The first-order valence-electron chi connectivity index (χ1n) is 11.9. The van der Waals surface area contributed by atoms with Crippen LogP contribution >= 0.6 is 23.2 Å². The lowest BCUT2D eigenvalue weighted by molar-refractivity contribution is -0.165. The zero-order valence-electron chi connectivity index (χ0n) is 20.1. The van der Waals surface area contributed by atoms with E-state index in [0.717, 1.165) is 38.2 Å². The van der Waals surface area contributed by atoms with Crippen LogP contribution in [0.4, 0.5) is 0 Å². The van der Waals surface area contributed by atoms with E-state index in [4.69, 9.17) is 43.6 Å². The van der Waals surface area contributed by atoms with Gasteiger partial charge in [-0.1, -0.05) is 53.5 Å². The highest BCUT2D eigenvalue weighted by molar-refractivity contribution is 6.42. The van der Waals surface area contributed by atoms with Gasteiger partial charge in [-0.25, -0.2) is 9.59 Å². The van der Waals surface area contributed by atoms with Gasteiger partial charge in [0.25, 0.3) is 0 Å². The summed E-state index contributed by atoms with van der Waals surface area (Å²) in [6, 6.07) is 14.2. The molecule has 2 heterocycles. The van der Waals surface area contributed by atoms with E-state index in [9.17, 15) is 14.4 Å². The van der Waals surface area contributed by atoms with Crippen molar-refractivity contribution in [3.8, 4) is 0 Å². The number of rotatable bonds is 7. The van der Waals surface area contributed by atoms with Crippen LogP contribution in [-0.4, -0.2) is 86.5 Å². The Morgan fingerprint density at radius 3 is 2.11 bits per heavy atom. The van der Waals surface area contributed by atoms with Gasteiger partial charge in [0, 0.05) is 13.1 Å². The van der Waals surface area contributed by atoms with Crippen molar-refractivity contribution < 1.29 is 34.8 Å². The minimum atomic E-state index is -2.27. The number of hydrogen-bond donors (Lipinski definition) is 4. The normalized spacial score (nSPS) is 18.8. The average molecular weight is 553 g/mol. The molecule has 1 saturated heterocycles. The predicted octanol–water partition coefficient (Wildman–Crippen LogP) is 2.64. The van der Waals surface area contributed by atoms with E-state index >= 15 is 0 Å². The van der Waals surface area contributed by atoms with Crippen LogP contribution in [0.25, 0.3) is 0 Å². The van der Waals surface area contributed by atoms with E-state index in [0.29, 0.717) is 16.5 Å². The summed E-state index contributed by atoms with van der Waals surface area (Å²) in [7, 11) is 0. The van der Waals surface area contributed by atoms with Gasteiger partial charge >= 0.3 is 11.9 Å². The molecule has 0 spiro atoms. The molecule has 2 aliphatic rings. The number of halogens is 2. The summed E-state index contributed by atoms with van der Waals surface area (Å²) in [5.74, 6) is -3.38. The summed E-state index contributed by atoms with van der Waals surface area (Å²) in [4.78, 5) is 37.3. The first kappa shape index (κ1) is 28.9. The molecule has 37 heavy (non-hydrogen) atoms. The minimum Gasteiger partial charge on any atom is -0.479 e. The van der Waals surface area contributed by atoms with Crippen LogP contribution in [0.1, 0.15) is 35.6 Å². The highest BCUT2D eigenvalue weighted by Gasteiger charge is 2.32. The number of carbonyl (C=O) groups is 3. The number of carbonyl (C=O) groups excluding carboxylic acids is 1. The van der Waals surface area contributed by atoms with Crippen LogP contribution in [-0.2, 0) is 27.2 Å². The predicted molar refractivity (Wildman–Crippen MR) is 138 cm³/mol. The number of hydrogen-bond acceptors (Lipinski definition) is 6. The number of likely N-dealkylation sites (tertiary alicyclic amines) is 1. The van der Waals surface area contributed by atoms with E-state index in [1.165, 1.54) is 24.0 Å². The number of aliphatic hydroxyl groups is 2. The van der Waals surface area contributed by atoms with Gasteiger partial charge in [0.2, 0.25) is 5.91 Å². The summed E-state index contributed by atoms with van der Waals surface area (Å²) in [5.41, 5.74) is 3.59. The zero-order chi connectivity index (χ0) is 27.1. The second-order valence-corrected chi connectivity index (χ2v) is 9.87. The molecule has 0 aromatic heterocycles. The molecule has 200 valence electrons. The fourth-order valence-electron chi connectivity index (χ4n) is 4.55. The van der Waals surface area contributed by atoms with Crippen molar-refractivity contribution in [1.29, 1.82) is 0 Å². The van der Waals surface area contributed by atoms with E-state index in [1.54, 1.807) is 12.1 Å². The third kappa shape index (κ3) is 7.66. The third-order valence-electron chi connectivity index (χ3n) is 6.51. The van der Waals surface area contributed by atoms with E-state index < -0.39 is 24.1 Å². The first-order valence-corrected chi connectivity index (χ1v) is 12.7. The van der Waals surface area contributed by atoms with Gasteiger partial charge in [0.1, 0.15) is 0 Å². The quantitative estimate of drug-likeness (QED) is 0.411. The Balaban J connectivity index is 0.000000325. The summed E-state index contributed by atoms with van der Waals surface area (Å²) in [6.45, 7) is 3.96. The van der Waals surface area contributed by atoms with Gasteiger partial charge < -0.3 is 30.2 Å². The Morgan fingerprint density at radius 2 is 1.51 bits per heavy atom. The number of amides is 1. The average Bonchev–Trinajstić information content (AvgIpc) is 3.39. The Hall–Kier alpha value is -2.69. The van der Waals surface area contributed by atoms with Crippen LogP contribution in [0.3, 0.4) is 0 Å². The summed E-state index contributed by atoms with van der Waals surface area (Å²) < 4.78 is 0. The Bertz CT molecular complexity index is 1110. The van der Waals surface area contributed by atoms with Gasteiger partial charge in [0.05, 0.1) is 22.5 Å². The molecule has 3 unspecified atom stereocenters. The number of carboxylic acid groups (broad SMARTS) is 2. The Kier molecular flexibility index (Phi) is 10.3. The van der Waals surface area contributed by atoms with E-state index in [2.05, 4.69) is 34.1 Å². The van der Waals surface area contributed by atoms with Crippen LogP contribution < -0.4 is 0 Å². The molecule has 2 aliphatic heterocycles. The molecule has 11 heteroatoms. The van der Waals surface area contributed by atoms with Gasteiger partial charge in [0.15, 0.2) is 12.2 Å². The van der Waals surface area contributed by atoms with Crippen molar-refractivity contribution >= 4 is 41.0 Å². The molecule has 0 bridgehead atoms. The molecular weight excluding hydrogens is 523 g/mol. The number of benzene rings is 2. The smallest absolute Gasteiger partial charge is 0.335 e. The molecule has 3 atom stereocenters. The maximum absolute atomic E-state index is 13.2. The minimum absolute atomic E-state index is 0.128. The topological polar surface area (TPSA) is 139 Å². The highest BCUT2D eigenvalue weighted by Crippen LogP contribution is 2.32. The van der Waals surface area contributed by atoms with E-state index in [1.807, 2.05) is 6.07 Å². The lowest BCUT2D eigenvalue weighted by Crippen LogP contribution is -2.45. The largest absolute Gasteiger partial charge is 0.479 e.